The first-order valence-corrected chi connectivity index (χ1v) is 14.2. The SMILES string of the molecule is COC(=O)Nc1nccc(-c2ccc(F)c(C)n2)n1.COC(=O)Nc1nccc(-c2ccc(OC[C@@](C)(N)CC(C)C)c(C)n2)n1. The second-order valence-corrected chi connectivity index (χ2v) is 10.8. The quantitative estimate of drug-likeness (QED) is 0.215. The first kappa shape index (κ1) is 35.2. The van der Waals surface area contributed by atoms with Gasteiger partial charge in [-0.3, -0.25) is 10.6 Å². The predicted molar refractivity (Wildman–Crippen MR) is 170 cm³/mol. The Morgan fingerprint density at radius 1 is 0.804 bits per heavy atom. The van der Waals surface area contributed by atoms with Crippen molar-refractivity contribution < 1.29 is 28.2 Å². The fourth-order valence-electron chi connectivity index (χ4n) is 4.17. The monoisotopic (exact) mass is 635 g/mol. The molecule has 0 aliphatic heterocycles. The highest BCUT2D eigenvalue weighted by Gasteiger charge is 2.21. The van der Waals surface area contributed by atoms with Crippen LogP contribution in [0.4, 0.5) is 25.9 Å². The van der Waals surface area contributed by atoms with Crippen LogP contribution >= 0.6 is 0 Å². The van der Waals surface area contributed by atoms with Crippen LogP contribution in [-0.4, -0.2) is 68.5 Å². The van der Waals surface area contributed by atoms with E-state index in [1.165, 1.54) is 32.5 Å². The van der Waals surface area contributed by atoms with E-state index in [-0.39, 0.29) is 23.4 Å². The number of nitrogens with two attached hydrogens (primary N) is 1. The number of amides is 2. The number of rotatable bonds is 9. The average Bonchev–Trinajstić information content (AvgIpc) is 3.01. The molecule has 0 spiro atoms. The molecule has 14 nitrogen and oxygen atoms in total. The van der Waals surface area contributed by atoms with Gasteiger partial charge in [-0.25, -0.2) is 43.9 Å². The first-order chi connectivity index (χ1) is 21.8. The second-order valence-electron chi connectivity index (χ2n) is 10.8. The molecule has 4 heterocycles. The van der Waals surface area contributed by atoms with Crippen LogP contribution < -0.4 is 21.1 Å². The van der Waals surface area contributed by atoms with Crippen molar-refractivity contribution in [1.29, 1.82) is 0 Å². The van der Waals surface area contributed by atoms with E-state index in [2.05, 4.69) is 63.9 Å². The molecule has 0 aromatic carbocycles. The van der Waals surface area contributed by atoms with E-state index in [4.69, 9.17) is 10.5 Å². The van der Waals surface area contributed by atoms with Crippen LogP contribution in [0.2, 0.25) is 0 Å². The molecule has 0 bridgehead atoms. The maximum absolute atomic E-state index is 13.1. The number of carbonyl (C=O) groups excluding carboxylic acids is 2. The fourth-order valence-corrected chi connectivity index (χ4v) is 4.17. The lowest BCUT2D eigenvalue weighted by Crippen LogP contribution is -2.43. The molecule has 2 amide bonds. The van der Waals surface area contributed by atoms with Gasteiger partial charge in [0.2, 0.25) is 11.9 Å². The lowest BCUT2D eigenvalue weighted by molar-refractivity contribution is 0.186. The van der Waals surface area contributed by atoms with E-state index in [1.807, 2.05) is 26.0 Å². The molecule has 0 aliphatic rings. The molecule has 0 saturated heterocycles. The Labute approximate surface area is 266 Å². The Morgan fingerprint density at radius 3 is 1.74 bits per heavy atom. The number of aryl methyl sites for hydroxylation is 2. The normalized spacial score (nSPS) is 11.9. The van der Waals surface area contributed by atoms with E-state index in [9.17, 15) is 14.0 Å². The van der Waals surface area contributed by atoms with Crippen LogP contribution in [0, 0.1) is 25.6 Å². The molecule has 4 aromatic rings. The molecule has 46 heavy (non-hydrogen) atoms. The minimum Gasteiger partial charge on any atom is -0.490 e. The third kappa shape index (κ3) is 10.7. The van der Waals surface area contributed by atoms with Crippen molar-refractivity contribution in [3.05, 3.63) is 66.0 Å². The number of nitrogens with one attached hydrogen (secondary N) is 2. The zero-order chi connectivity index (χ0) is 33.9. The molecule has 0 unspecified atom stereocenters. The highest BCUT2D eigenvalue weighted by atomic mass is 19.1. The first-order valence-electron chi connectivity index (χ1n) is 14.2. The van der Waals surface area contributed by atoms with Crippen molar-refractivity contribution in [3.63, 3.8) is 0 Å². The number of pyridine rings is 2. The van der Waals surface area contributed by atoms with Crippen molar-refractivity contribution in [3.8, 4) is 28.5 Å². The summed E-state index contributed by atoms with van der Waals surface area (Å²) >= 11 is 0. The minimum atomic E-state index is -0.666. The zero-order valence-electron chi connectivity index (χ0n) is 26.8. The summed E-state index contributed by atoms with van der Waals surface area (Å²) < 4.78 is 28.0. The van der Waals surface area contributed by atoms with E-state index < -0.39 is 17.7 Å². The molecule has 0 saturated carbocycles. The third-order valence-corrected chi connectivity index (χ3v) is 6.13. The predicted octanol–water partition coefficient (Wildman–Crippen LogP) is 5.33. The van der Waals surface area contributed by atoms with Gasteiger partial charge in [-0.2, -0.15) is 0 Å². The largest absolute Gasteiger partial charge is 0.490 e. The molecule has 15 heteroatoms. The topological polar surface area (TPSA) is 189 Å². The van der Waals surface area contributed by atoms with Crippen LogP contribution in [0.1, 0.15) is 38.6 Å². The van der Waals surface area contributed by atoms with Crippen molar-refractivity contribution in [2.45, 2.75) is 46.6 Å². The van der Waals surface area contributed by atoms with Gasteiger partial charge in [0.05, 0.1) is 48.4 Å². The molecule has 1 atom stereocenters. The molecule has 0 fully saturated rings. The van der Waals surface area contributed by atoms with Gasteiger partial charge in [0.25, 0.3) is 0 Å². The summed E-state index contributed by atoms with van der Waals surface area (Å²) in [7, 11) is 2.51. The zero-order valence-corrected chi connectivity index (χ0v) is 26.8. The minimum absolute atomic E-state index is 0.0909. The second kappa shape index (κ2) is 16.1. The number of carbonyl (C=O) groups is 2. The maximum atomic E-state index is 13.1. The molecule has 4 N–H and O–H groups in total. The summed E-state index contributed by atoms with van der Waals surface area (Å²) in [5, 5.41) is 4.77. The molecule has 4 aromatic heterocycles. The molecule has 4 rings (SSSR count). The van der Waals surface area contributed by atoms with Gasteiger partial charge in [-0.15, -0.1) is 0 Å². The lowest BCUT2D eigenvalue weighted by atomic mass is 9.93. The van der Waals surface area contributed by atoms with Crippen LogP contribution in [0.5, 0.6) is 5.75 Å². The lowest BCUT2D eigenvalue weighted by Gasteiger charge is -2.26. The van der Waals surface area contributed by atoms with Gasteiger partial charge in [0.15, 0.2) is 0 Å². The van der Waals surface area contributed by atoms with Gasteiger partial charge in [-0.1, -0.05) is 13.8 Å². The summed E-state index contributed by atoms with van der Waals surface area (Å²) in [6.07, 6.45) is 2.58. The number of hydrogen-bond acceptors (Lipinski definition) is 12. The smallest absolute Gasteiger partial charge is 0.413 e. The van der Waals surface area contributed by atoms with Gasteiger partial charge in [0, 0.05) is 17.9 Å². The Morgan fingerprint density at radius 2 is 1.28 bits per heavy atom. The number of ether oxygens (including phenoxy) is 3. The third-order valence-electron chi connectivity index (χ3n) is 6.13. The Kier molecular flexibility index (Phi) is 12.3. The van der Waals surface area contributed by atoms with E-state index in [0.29, 0.717) is 41.1 Å². The van der Waals surface area contributed by atoms with Crippen LogP contribution in [0.15, 0.2) is 48.8 Å². The van der Waals surface area contributed by atoms with Crippen LogP contribution in [0.3, 0.4) is 0 Å². The van der Waals surface area contributed by atoms with Crippen molar-refractivity contribution in [2.24, 2.45) is 11.7 Å². The molecular formula is C31H38FN9O5. The highest BCUT2D eigenvalue weighted by molar-refractivity contribution is 5.82. The van der Waals surface area contributed by atoms with Crippen molar-refractivity contribution >= 4 is 24.1 Å². The summed E-state index contributed by atoms with van der Waals surface area (Å²) in [4.78, 5) is 47.2. The van der Waals surface area contributed by atoms with Gasteiger partial charge < -0.3 is 19.9 Å². The summed E-state index contributed by atoms with van der Waals surface area (Å²) in [6, 6.07) is 9.80. The van der Waals surface area contributed by atoms with Crippen molar-refractivity contribution in [1.82, 2.24) is 29.9 Å². The number of nitrogens with zero attached hydrogens (tertiary/aromatic N) is 6. The summed E-state index contributed by atoms with van der Waals surface area (Å²) in [6.45, 7) is 10.1. The molecule has 0 aliphatic carbocycles. The van der Waals surface area contributed by atoms with Crippen LogP contribution in [0.25, 0.3) is 22.8 Å². The van der Waals surface area contributed by atoms with Gasteiger partial charge in [0.1, 0.15) is 18.2 Å². The van der Waals surface area contributed by atoms with E-state index in [0.717, 1.165) is 12.1 Å². The number of methoxy groups -OCH3 is 2. The number of anilines is 2. The number of aromatic nitrogens is 6. The summed E-state index contributed by atoms with van der Waals surface area (Å²) in [5.74, 6) is 1.03. The maximum Gasteiger partial charge on any atom is 0.413 e. The number of halogens is 1. The van der Waals surface area contributed by atoms with E-state index in [1.54, 1.807) is 25.3 Å². The van der Waals surface area contributed by atoms with Crippen LogP contribution in [-0.2, 0) is 9.47 Å². The van der Waals surface area contributed by atoms with E-state index >= 15 is 0 Å². The Hall–Kier alpha value is -5.31. The average molecular weight is 636 g/mol. The Balaban J connectivity index is 0.000000266. The number of hydrogen-bond donors (Lipinski definition) is 3. The fraction of sp³-hybridized carbons (Fsp3) is 0.355. The standard InChI is InChI=1S/C19H27N5O3.C12H11FN4O2/c1-12(2)10-19(4,20)11-27-16-7-6-14(22-13(16)3)15-8-9-21-17(23-15)24-18(25)26-5;1-7-8(13)3-4-9(15-7)10-5-6-14-11(16-10)17-12(18)19-2/h6-9,12H,10-11,20H2,1-5H3,(H,21,23,24,25);3-6H,1-2H3,(H,14,16,17,18)/t19-;/m0./s1. The Bertz CT molecular complexity index is 1650. The van der Waals surface area contributed by atoms with Gasteiger partial charge in [-0.05, 0) is 69.5 Å². The van der Waals surface area contributed by atoms with Gasteiger partial charge >= 0.3 is 12.2 Å². The van der Waals surface area contributed by atoms with Crippen molar-refractivity contribution in [2.75, 3.05) is 31.5 Å². The summed E-state index contributed by atoms with van der Waals surface area (Å²) in [5.41, 5.74) is 9.10. The molecular weight excluding hydrogens is 597 g/mol. The molecule has 0 radical (unpaired) electrons. The molecule has 244 valence electrons. The highest BCUT2D eigenvalue weighted by Crippen LogP contribution is 2.24.